The number of benzene rings is 1. The quantitative estimate of drug-likeness (QED) is 0.937. The van der Waals surface area contributed by atoms with Gasteiger partial charge in [-0.05, 0) is 45.7 Å². The van der Waals surface area contributed by atoms with Gasteiger partial charge in [0.05, 0.1) is 5.69 Å². The molecule has 0 spiro atoms. The Morgan fingerprint density at radius 2 is 1.86 bits per heavy atom. The number of rotatable bonds is 4. The zero-order valence-corrected chi connectivity index (χ0v) is 13.0. The molecule has 2 aromatic rings. The summed E-state index contributed by atoms with van der Waals surface area (Å²) >= 11 is 0. The largest absolute Gasteiger partial charge is 0.355 e. The zero-order chi connectivity index (χ0) is 14.7. The van der Waals surface area contributed by atoms with E-state index in [-0.39, 0.29) is 0 Å². The average Bonchev–Trinajstić information content (AvgIpc) is 2.55. The Morgan fingerprint density at radius 3 is 2.57 bits per heavy atom. The minimum Gasteiger partial charge on any atom is -0.355 e. The molecular weight excluding hydrogens is 260 g/mol. The van der Waals surface area contributed by atoms with Gasteiger partial charge in [-0.25, -0.2) is 0 Å². The highest BCUT2D eigenvalue weighted by molar-refractivity contribution is 5.93. The summed E-state index contributed by atoms with van der Waals surface area (Å²) in [7, 11) is 0. The topological polar surface area (TPSA) is 41.0 Å². The third-order valence-electron chi connectivity index (χ3n) is 4.47. The van der Waals surface area contributed by atoms with Gasteiger partial charge in [0.25, 0.3) is 0 Å². The van der Waals surface area contributed by atoms with Crippen LogP contribution in [0.3, 0.4) is 0 Å². The van der Waals surface area contributed by atoms with Crippen molar-refractivity contribution in [2.75, 3.05) is 31.1 Å². The van der Waals surface area contributed by atoms with E-state index in [1.165, 1.54) is 23.6 Å². The van der Waals surface area contributed by atoms with Crippen LogP contribution in [0.2, 0.25) is 0 Å². The molecule has 21 heavy (non-hydrogen) atoms. The van der Waals surface area contributed by atoms with Crippen LogP contribution in [0.5, 0.6) is 0 Å². The molecule has 1 saturated heterocycles. The number of piperidine rings is 1. The van der Waals surface area contributed by atoms with Gasteiger partial charge in [0.15, 0.2) is 5.82 Å². The predicted octanol–water partition coefficient (Wildman–Crippen LogP) is 2.76. The van der Waals surface area contributed by atoms with E-state index in [1.54, 1.807) is 0 Å². The summed E-state index contributed by atoms with van der Waals surface area (Å²) < 4.78 is 0. The van der Waals surface area contributed by atoms with E-state index in [4.69, 9.17) is 0 Å². The van der Waals surface area contributed by atoms with Crippen molar-refractivity contribution in [3.63, 3.8) is 0 Å². The van der Waals surface area contributed by atoms with Crippen molar-refractivity contribution >= 4 is 16.6 Å². The summed E-state index contributed by atoms with van der Waals surface area (Å²) in [5.41, 5.74) is 1.01. The molecule has 112 valence electrons. The van der Waals surface area contributed by atoms with Crippen molar-refractivity contribution in [1.29, 1.82) is 0 Å². The molecule has 1 aromatic heterocycles. The van der Waals surface area contributed by atoms with E-state index >= 15 is 0 Å². The van der Waals surface area contributed by atoms with E-state index in [9.17, 15) is 0 Å². The number of anilines is 1. The van der Waals surface area contributed by atoms with Crippen molar-refractivity contribution in [3.05, 3.63) is 30.0 Å². The first-order chi connectivity index (χ1) is 10.3. The van der Waals surface area contributed by atoms with Crippen LogP contribution < -0.4 is 10.2 Å². The maximum atomic E-state index is 4.50. The fourth-order valence-corrected chi connectivity index (χ4v) is 3.20. The summed E-state index contributed by atoms with van der Waals surface area (Å²) in [4.78, 5) is 2.39. The number of aromatic nitrogens is 2. The normalized spacial score (nSPS) is 16.3. The highest BCUT2D eigenvalue weighted by Crippen LogP contribution is 2.27. The van der Waals surface area contributed by atoms with Gasteiger partial charge in [-0.1, -0.05) is 24.3 Å². The Labute approximate surface area is 126 Å². The smallest absolute Gasteiger partial charge is 0.159 e. The third-order valence-corrected chi connectivity index (χ3v) is 4.47. The Balaban J connectivity index is 1.91. The van der Waals surface area contributed by atoms with Gasteiger partial charge in [0, 0.05) is 23.9 Å². The molecule has 3 rings (SSSR count). The number of nitrogens with one attached hydrogen (secondary N) is 1. The first kappa shape index (κ1) is 14.3. The molecule has 4 nitrogen and oxygen atoms in total. The molecule has 0 radical (unpaired) electrons. The lowest BCUT2D eigenvalue weighted by Crippen LogP contribution is -2.36. The highest BCUT2D eigenvalue weighted by atomic mass is 15.3. The van der Waals surface area contributed by atoms with Gasteiger partial charge in [0.2, 0.25) is 0 Å². The van der Waals surface area contributed by atoms with Crippen LogP contribution in [0, 0.1) is 12.8 Å². The van der Waals surface area contributed by atoms with E-state index in [1.807, 2.05) is 6.92 Å². The van der Waals surface area contributed by atoms with Gasteiger partial charge >= 0.3 is 0 Å². The van der Waals surface area contributed by atoms with E-state index in [2.05, 4.69) is 51.6 Å². The number of nitrogens with zero attached hydrogens (tertiary/aromatic N) is 3. The monoisotopic (exact) mass is 284 g/mol. The summed E-state index contributed by atoms with van der Waals surface area (Å²) in [5, 5.41) is 14.7. The Morgan fingerprint density at radius 1 is 1.14 bits per heavy atom. The molecule has 1 fully saturated rings. The van der Waals surface area contributed by atoms with E-state index < -0.39 is 0 Å². The van der Waals surface area contributed by atoms with Crippen LogP contribution in [0.4, 0.5) is 5.82 Å². The van der Waals surface area contributed by atoms with Crippen LogP contribution >= 0.6 is 0 Å². The molecule has 1 aromatic carbocycles. The molecular formula is C17H24N4. The first-order valence-corrected chi connectivity index (χ1v) is 7.97. The van der Waals surface area contributed by atoms with Crippen molar-refractivity contribution < 1.29 is 0 Å². The molecule has 0 aliphatic carbocycles. The van der Waals surface area contributed by atoms with Gasteiger partial charge < -0.3 is 10.2 Å². The lowest BCUT2D eigenvalue weighted by Gasteiger charge is -2.30. The van der Waals surface area contributed by atoms with Crippen LogP contribution in [0.1, 0.15) is 25.5 Å². The third kappa shape index (κ3) is 3.00. The zero-order valence-electron chi connectivity index (χ0n) is 13.0. The molecule has 4 heteroatoms. The predicted molar refractivity (Wildman–Crippen MR) is 87.8 cm³/mol. The number of hydrogen-bond acceptors (Lipinski definition) is 4. The maximum Gasteiger partial charge on any atom is 0.159 e. The molecule has 0 atom stereocenters. The number of hydrogen-bond donors (Lipinski definition) is 1. The first-order valence-electron chi connectivity index (χ1n) is 7.97. The van der Waals surface area contributed by atoms with Crippen LogP contribution in [0.25, 0.3) is 10.8 Å². The van der Waals surface area contributed by atoms with Gasteiger partial charge in [0.1, 0.15) is 0 Å². The molecule has 1 aliphatic heterocycles. The second-order valence-electron chi connectivity index (χ2n) is 5.89. The molecule has 0 saturated carbocycles. The van der Waals surface area contributed by atoms with Crippen LogP contribution in [-0.2, 0) is 0 Å². The number of fused-ring (bicyclic) bond motifs is 1. The summed E-state index contributed by atoms with van der Waals surface area (Å²) in [6, 6.07) is 8.47. The highest BCUT2D eigenvalue weighted by Gasteiger charge is 2.19. The van der Waals surface area contributed by atoms with Gasteiger partial charge in [-0.2, -0.15) is 5.10 Å². The van der Waals surface area contributed by atoms with Crippen LogP contribution in [-0.4, -0.2) is 36.4 Å². The van der Waals surface area contributed by atoms with Crippen molar-refractivity contribution in [2.24, 2.45) is 5.92 Å². The lowest BCUT2D eigenvalue weighted by atomic mass is 9.97. The maximum absolute atomic E-state index is 4.50. The van der Waals surface area contributed by atoms with Crippen molar-refractivity contribution in [2.45, 2.75) is 26.7 Å². The molecule has 1 aliphatic rings. The van der Waals surface area contributed by atoms with Crippen LogP contribution in [0.15, 0.2) is 24.3 Å². The Hall–Kier alpha value is -1.68. The molecule has 0 bridgehead atoms. The van der Waals surface area contributed by atoms with Gasteiger partial charge in [-0.15, -0.1) is 5.10 Å². The lowest BCUT2D eigenvalue weighted by molar-refractivity contribution is 0.374. The van der Waals surface area contributed by atoms with Gasteiger partial charge in [-0.3, -0.25) is 0 Å². The standard InChI is InChI=1S/C17H24N4/c1-3-21(12-14-8-10-18-11-9-14)17-16-7-5-4-6-15(16)13(2)19-20-17/h4-7,14,18H,3,8-12H2,1-2H3. The summed E-state index contributed by atoms with van der Waals surface area (Å²) in [6.45, 7) is 8.58. The Bertz CT molecular complexity index is 605. The average molecular weight is 284 g/mol. The fourth-order valence-electron chi connectivity index (χ4n) is 3.20. The Kier molecular flexibility index (Phi) is 4.34. The van der Waals surface area contributed by atoms with E-state index in [0.29, 0.717) is 0 Å². The molecule has 2 heterocycles. The summed E-state index contributed by atoms with van der Waals surface area (Å²) in [5.74, 6) is 1.80. The van der Waals surface area contributed by atoms with Crippen molar-refractivity contribution in [3.8, 4) is 0 Å². The second kappa shape index (κ2) is 6.39. The minimum absolute atomic E-state index is 0.757. The fraction of sp³-hybridized carbons (Fsp3) is 0.529. The molecule has 1 N–H and O–H groups in total. The molecule has 0 amide bonds. The minimum atomic E-state index is 0.757. The second-order valence-corrected chi connectivity index (χ2v) is 5.89. The number of aryl methyl sites for hydroxylation is 1. The van der Waals surface area contributed by atoms with E-state index in [0.717, 1.165) is 43.6 Å². The molecule has 0 unspecified atom stereocenters. The summed E-state index contributed by atoms with van der Waals surface area (Å²) in [6.07, 6.45) is 2.52. The van der Waals surface area contributed by atoms with Crippen molar-refractivity contribution in [1.82, 2.24) is 15.5 Å². The SMILES string of the molecule is CCN(CC1CCNCC1)c1nnc(C)c2ccccc12.